The van der Waals surface area contributed by atoms with E-state index in [4.69, 9.17) is 19.4 Å². The molecule has 0 amide bonds. The molecule has 0 aromatic carbocycles. The molecule has 0 saturated heterocycles. The van der Waals surface area contributed by atoms with Crippen molar-refractivity contribution in [3.63, 3.8) is 0 Å². The fourth-order valence-electron chi connectivity index (χ4n) is 5.95. The predicted molar refractivity (Wildman–Crippen MR) is 181 cm³/mol. The summed E-state index contributed by atoms with van der Waals surface area (Å²) < 4.78 is 14.7. The molecule has 8 rings (SSSR count). The third kappa shape index (κ3) is 4.88. The summed E-state index contributed by atoms with van der Waals surface area (Å²) in [5.74, 6) is 1.37. The molecule has 15 nitrogen and oxygen atoms in total. The zero-order valence-electron chi connectivity index (χ0n) is 26.5. The molecule has 0 aliphatic carbocycles. The highest BCUT2D eigenvalue weighted by Gasteiger charge is 2.18. The quantitative estimate of drug-likeness (QED) is 0.159. The van der Waals surface area contributed by atoms with E-state index in [1.807, 2.05) is 73.7 Å². The second kappa shape index (κ2) is 11.4. The number of hydrogen-bond donors (Lipinski definition) is 4. The van der Waals surface area contributed by atoms with E-state index in [1.165, 1.54) is 0 Å². The zero-order chi connectivity index (χ0) is 32.9. The van der Waals surface area contributed by atoms with Crippen LogP contribution >= 0.6 is 0 Å². The molecule has 4 N–H and O–H groups in total. The van der Waals surface area contributed by atoms with Crippen LogP contribution in [0.3, 0.4) is 0 Å². The number of anilines is 2. The van der Waals surface area contributed by atoms with Crippen LogP contribution in [-0.4, -0.2) is 69.3 Å². The van der Waals surface area contributed by atoms with E-state index in [0.717, 1.165) is 44.2 Å². The summed E-state index contributed by atoms with van der Waals surface area (Å²) >= 11 is 0. The first-order valence-electron chi connectivity index (χ1n) is 15.2. The van der Waals surface area contributed by atoms with Gasteiger partial charge in [-0.25, -0.2) is 34.7 Å². The van der Waals surface area contributed by atoms with Crippen molar-refractivity contribution in [2.24, 2.45) is 14.1 Å². The van der Waals surface area contributed by atoms with Gasteiger partial charge < -0.3 is 39.2 Å². The molecule has 8 aromatic rings. The molecule has 48 heavy (non-hydrogen) atoms. The first kappa shape index (κ1) is 28.9. The third-order valence-electron chi connectivity index (χ3n) is 8.19. The summed E-state index contributed by atoms with van der Waals surface area (Å²) in [6.45, 7) is -0.124. The highest BCUT2D eigenvalue weighted by atomic mass is 16.7. The van der Waals surface area contributed by atoms with Gasteiger partial charge in [0.25, 0.3) is 0 Å². The third-order valence-corrected chi connectivity index (χ3v) is 8.19. The SMILES string of the molecule is CNc1nc2[nH]c(-c3cccc(COC(=O)OCc4cccc(-c5cc6c(nc(NC)c7ncn(C)c76)[nH]5)n4)n3)cc2c2c1ncn2C. The Morgan fingerprint density at radius 2 is 1.17 bits per heavy atom. The number of pyridine rings is 4. The first-order valence-corrected chi connectivity index (χ1v) is 15.2. The highest BCUT2D eigenvalue weighted by Crippen LogP contribution is 2.32. The summed E-state index contributed by atoms with van der Waals surface area (Å²) in [4.78, 5) is 47.0. The molecule has 0 saturated carbocycles. The number of rotatable bonds is 8. The summed E-state index contributed by atoms with van der Waals surface area (Å²) in [6.07, 6.45) is 2.71. The van der Waals surface area contributed by atoms with E-state index < -0.39 is 6.16 Å². The molecule has 0 aliphatic rings. The topological polar surface area (TPSA) is 178 Å². The maximum absolute atomic E-state index is 12.6. The van der Waals surface area contributed by atoms with Gasteiger partial charge in [-0.3, -0.25) is 0 Å². The Balaban J connectivity index is 0.948. The number of carbonyl (C=O) groups excluding carboxylic acids is 1. The van der Waals surface area contributed by atoms with Crippen molar-refractivity contribution in [3.05, 3.63) is 72.6 Å². The van der Waals surface area contributed by atoms with E-state index in [0.29, 0.717) is 45.7 Å². The standard InChI is InChI=1S/C33H30N12O3/c1-34-31-25-27(44(3)15-36-25)19-11-23(40-29(19)42-31)21-9-5-7-17(38-21)13-47-33(46)48-14-18-8-6-10-22(39-18)24-12-20-28-26(37-16-45(28)4)32(35-2)43-30(20)41-24/h5-12,15-16H,13-14H2,1-4H3,(H2,34,40,42)(H2,35,41,43). The molecular weight excluding hydrogens is 612 g/mol. The number of ether oxygens (including phenoxy) is 2. The summed E-state index contributed by atoms with van der Waals surface area (Å²) in [7, 11) is 7.53. The molecule has 0 unspecified atom stereocenters. The van der Waals surface area contributed by atoms with E-state index in [-0.39, 0.29) is 13.2 Å². The van der Waals surface area contributed by atoms with Crippen molar-refractivity contribution in [2.45, 2.75) is 13.2 Å². The minimum Gasteiger partial charge on any atom is -0.428 e. The summed E-state index contributed by atoms with van der Waals surface area (Å²) in [5, 5.41) is 8.08. The van der Waals surface area contributed by atoms with Crippen molar-refractivity contribution >= 4 is 61.9 Å². The molecule has 0 radical (unpaired) electrons. The van der Waals surface area contributed by atoms with Crippen LogP contribution in [0.25, 0.3) is 66.9 Å². The van der Waals surface area contributed by atoms with Crippen molar-refractivity contribution < 1.29 is 14.3 Å². The molecule has 0 atom stereocenters. The van der Waals surface area contributed by atoms with Gasteiger partial charge in [-0.1, -0.05) is 12.1 Å². The smallest absolute Gasteiger partial charge is 0.428 e. The number of aromatic amines is 2. The van der Waals surface area contributed by atoms with Crippen molar-refractivity contribution in [1.82, 2.24) is 49.0 Å². The van der Waals surface area contributed by atoms with Gasteiger partial charge in [0.1, 0.15) is 35.5 Å². The second-order valence-electron chi connectivity index (χ2n) is 11.3. The van der Waals surface area contributed by atoms with Gasteiger partial charge in [-0.2, -0.15) is 0 Å². The Hall–Kier alpha value is -6.51. The molecule has 15 heteroatoms. The molecule has 8 aromatic heterocycles. The Kier molecular flexibility index (Phi) is 6.86. The lowest BCUT2D eigenvalue weighted by Crippen LogP contribution is -2.09. The Bertz CT molecular complexity index is 2330. The van der Waals surface area contributed by atoms with Crippen molar-refractivity contribution in [2.75, 3.05) is 24.7 Å². The molecule has 0 bridgehead atoms. The molecule has 0 fully saturated rings. The number of aryl methyl sites for hydroxylation is 2. The van der Waals surface area contributed by atoms with Crippen LogP contribution in [0.5, 0.6) is 0 Å². The van der Waals surface area contributed by atoms with E-state index in [1.54, 1.807) is 24.8 Å². The zero-order valence-corrected chi connectivity index (χ0v) is 26.5. The lowest BCUT2D eigenvalue weighted by atomic mass is 10.2. The number of hydrogen-bond acceptors (Lipinski definition) is 11. The minimum atomic E-state index is -0.824. The predicted octanol–water partition coefficient (Wildman–Crippen LogP) is 5.27. The summed E-state index contributed by atoms with van der Waals surface area (Å²) in [6, 6.07) is 15.1. The molecule has 0 aliphatic heterocycles. The van der Waals surface area contributed by atoms with Crippen LogP contribution in [0, 0.1) is 0 Å². The average Bonchev–Trinajstić information content (AvgIpc) is 3.91. The number of H-pyrrole nitrogens is 2. The average molecular weight is 643 g/mol. The van der Waals surface area contributed by atoms with Gasteiger partial charge in [-0.05, 0) is 36.4 Å². The van der Waals surface area contributed by atoms with Gasteiger partial charge >= 0.3 is 6.16 Å². The highest BCUT2D eigenvalue weighted by molar-refractivity contribution is 6.08. The van der Waals surface area contributed by atoms with Crippen LogP contribution in [-0.2, 0) is 36.8 Å². The first-order chi connectivity index (χ1) is 23.4. The van der Waals surface area contributed by atoms with Crippen LogP contribution in [0.15, 0.2) is 61.2 Å². The lowest BCUT2D eigenvalue weighted by Gasteiger charge is -2.07. The van der Waals surface area contributed by atoms with Gasteiger partial charge in [0.05, 0.1) is 57.9 Å². The Morgan fingerprint density at radius 3 is 1.60 bits per heavy atom. The summed E-state index contributed by atoms with van der Waals surface area (Å²) in [5.41, 5.74) is 8.98. The van der Waals surface area contributed by atoms with E-state index >= 15 is 0 Å². The fourth-order valence-corrected chi connectivity index (χ4v) is 5.95. The Labute approximate surface area is 272 Å². The number of imidazole rings is 2. The Morgan fingerprint density at radius 1 is 0.708 bits per heavy atom. The van der Waals surface area contributed by atoms with Gasteiger partial charge in [0, 0.05) is 39.0 Å². The molecule has 240 valence electrons. The van der Waals surface area contributed by atoms with Crippen molar-refractivity contribution in [3.8, 4) is 22.8 Å². The minimum absolute atomic E-state index is 0.0619. The normalized spacial score (nSPS) is 11.6. The molecule has 0 spiro atoms. The van der Waals surface area contributed by atoms with Gasteiger partial charge in [-0.15, -0.1) is 0 Å². The number of nitrogens with one attached hydrogen (secondary N) is 4. The van der Waals surface area contributed by atoms with Gasteiger partial charge in [0.2, 0.25) is 0 Å². The largest absolute Gasteiger partial charge is 0.509 e. The lowest BCUT2D eigenvalue weighted by molar-refractivity contribution is 0.0431. The maximum atomic E-state index is 12.6. The maximum Gasteiger partial charge on any atom is 0.509 e. The van der Waals surface area contributed by atoms with E-state index in [2.05, 4.69) is 40.5 Å². The van der Waals surface area contributed by atoms with Gasteiger partial charge in [0.15, 0.2) is 11.6 Å². The van der Waals surface area contributed by atoms with Crippen LogP contribution in [0.1, 0.15) is 11.4 Å². The van der Waals surface area contributed by atoms with Crippen LogP contribution < -0.4 is 10.6 Å². The van der Waals surface area contributed by atoms with E-state index in [9.17, 15) is 4.79 Å². The second-order valence-corrected chi connectivity index (χ2v) is 11.3. The number of carbonyl (C=O) groups is 1. The fraction of sp³-hybridized carbons (Fsp3) is 0.182. The number of nitrogens with zero attached hydrogens (tertiary/aromatic N) is 8. The molecule has 8 heterocycles. The number of aromatic nitrogens is 10. The van der Waals surface area contributed by atoms with Crippen molar-refractivity contribution in [1.29, 1.82) is 0 Å². The monoisotopic (exact) mass is 642 g/mol. The van der Waals surface area contributed by atoms with Crippen LogP contribution in [0.4, 0.5) is 16.4 Å². The number of fused-ring (bicyclic) bond motifs is 6. The molecular formula is C33H30N12O3. The van der Waals surface area contributed by atoms with Crippen LogP contribution in [0.2, 0.25) is 0 Å².